The Morgan fingerprint density at radius 2 is 2.05 bits per heavy atom. The first-order valence-corrected chi connectivity index (χ1v) is 8.24. The maximum atomic E-state index is 9.88. The number of rotatable bonds is 6. The highest BCUT2D eigenvalue weighted by Crippen LogP contribution is 2.26. The minimum absolute atomic E-state index is 0.600. The summed E-state index contributed by atoms with van der Waals surface area (Å²) in [6, 6.07) is 8.31. The lowest BCUT2D eigenvalue weighted by molar-refractivity contribution is 0.107. The van der Waals surface area contributed by atoms with Crippen molar-refractivity contribution in [1.29, 1.82) is 0 Å². The molecule has 1 N–H and O–H groups in total. The minimum atomic E-state index is -0.711. The van der Waals surface area contributed by atoms with Gasteiger partial charge in [0.2, 0.25) is 0 Å². The minimum Gasteiger partial charge on any atom is -0.390 e. The summed E-state index contributed by atoms with van der Waals surface area (Å²) in [5.41, 5.74) is 1.59. The van der Waals surface area contributed by atoms with Gasteiger partial charge in [-0.15, -0.1) is 10.2 Å². The first-order chi connectivity index (χ1) is 9.90. The smallest absolute Gasteiger partial charge is 0.191 e. The van der Waals surface area contributed by atoms with Crippen LogP contribution >= 0.6 is 11.8 Å². The van der Waals surface area contributed by atoms with E-state index in [0.717, 1.165) is 29.5 Å². The predicted octanol–water partition coefficient (Wildman–Crippen LogP) is 3.53. The molecule has 0 spiro atoms. The van der Waals surface area contributed by atoms with E-state index < -0.39 is 5.60 Å². The van der Waals surface area contributed by atoms with E-state index in [1.165, 1.54) is 5.56 Å². The fourth-order valence-electron chi connectivity index (χ4n) is 2.06. The molecule has 0 atom stereocenters. The van der Waals surface area contributed by atoms with Crippen LogP contribution in [0.2, 0.25) is 0 Å². The lowest BCUT2D eigenvalue weighted by Gasteiger charge is -2.16. The topological polar surface area (TPSA) is 50.9 Å². The van der Waals surface area contributed by atoms with Crippen molar-refractivity contribution >= 4 is 11.8 Å². The first kappa shape index (κ1) is 16.0. The molecule has 0 aliphatic rings. The van der Waals surface area contributed by atoms with Crippen LogP contribution in [0.25, 0.3) is 11.4 Å². The number of hydrogen-bond donors (Lipinski definition) is 1. The van der Waals surface area contributed by atoms with Gasteiger partial charge in [-0.1, -0.05) is 42.4 Å². The zero-order chi connectivity index (χ0) is 15.5. The second kappa shape index (κ2) is 6.62. The maximum Gasteiger partial charge on any atom is 0.191 e. The molecule has 1 aromatic heterocycles. The number of aryl methyl sites for hydroxylation is 1. The Balaban J connectivity index is 2.32. The van der Waals surface area contributed by atoms with Crippen LogP contribution in [0, 0.1) is 6.92 Å². The van der Waals surface area contributed by atoms with Crippen molar-refractivity contribution in [3.8, 4) is 11.4 Å². The normalized spacial score (nSPS) is 11.9. The molecule has 0 fully saturated rings. The molecule has 0 bridgehead atoms. The highest BCUT2D eigenvalue weighted by atomic mass is 32.2. The first-order valence-electron chi connectivity index (χ1n) is 7.26. The Morgan fingerprint density at radius 1 is 1.29 bits per heavy atom. The van der Waals surface area contributed by atoms with E-state index in [1.807, 2.05) is 19.9 Å². The van der Waals surface area contributed by atoms with Gasteiger partial charge >= 0.3 is 0 Å². The molecule has 0 saturated carbocycles. The molecule has 2 aromatic rings. The second-order valence-corrected chi connectivity index (χ2v) is 6.87. The van der Waals surface area contributed by atoms with Gasteiger partial charge in [-0.05, 0) is 33.3 Å². The Bertz CT molecular complexity index is 602. The molecule has 21 heavy (non-hydrogen) atoms. The molecule has 0 amide bonds. The van der Waals surface area contributed by atoms with Gasteiger partial charge in [-0.2, -0.15) is 0 Å². The average Bonchev–Trinajstić information content (AvgIpc) is 2.79. The van der Waals surface area contributed by atoms with Crippen molar-refractivity contribution in [2.24, 2.45) is 0 Å². The van der Waals surface area contributed by atoms with Crippen molar-refractivity contribution in [2.75, 3.05) is 5.75 Å². The summed E-state index contributed by atoms with van der Waals surface area (Å²) in [4.78, 5) is 0. The average molecular weight is 305 g/mol. The Morgan fingerprint density at radius 3 is 2.67 bits per heavy atom. The molecule has 4 nitrogen and oxygen atoms in total. The van der Waals surface area contributed by atoms with Crippen molar-refractivity contribution < 1.29 is 5.11 Å². The third kappa shape index (κ3) is 4.32. The summed E-state index contributed by atoms with van der Waals surface area (Å²) in [6.07, 6.45) is 1.02. The lowest BCUT2D eigenvalue weighted by Crippen LogP contribution is -2.22. The monoisotopic (exact) mass is 305 g/mol. The Labute approximate surface area is 130 Å². The van der Waals surface area contributed by atoms with E-state index in [-0.39, 0.29) is 0 Å². The van der Waals surface area contributed by atoms with Crippen LogP contribution in [0.5, 0.6) is 0 Å². The molecule has 114 valence electrons. The molecule has 0 radical (unpaired) electrons. The zero-order valence-corrected chi connectivity index (χ0v) is 13.9. The number of thioether (sulfide) groups is 1. The molecule has 1 heterocycles. The highest BCUT2D eigenvalue weighted by molar-refractivity contribution is 7.99. The SMILES string of the molecule is CCCn1c(SCC(C)(C)O)nnc1-c1cccc(C)c1. The van der Waals surface area contributed by atoms with Gasteiger partial charge in [0.25, 0.3) is 0 Å². The van der Waals surface area contributed by atoms with Crippen LogP contribution in [0.1, 0.15) is 32.8 Å². The quantitative estimate of drug-likeness (QED) is 0.830. The fourth-order valence-corrected chi connectivity index (χ4v) is 2.97. The Hall–Kier alpha value is -1.33. The molecular formula is C16H23N3OS. The van der Waals surface area contributed by atoms with E-state index in [1.54, 1.807) is 11.8 Å². The molecular weight excluding hydrogens is 282 g/mol. The zero-order valence-electron chi connectivity index (χ0n) is 13.1. The second-order valence-electron chi connectivity index (χ2n) is 5.93. The number of aliphatic hydroxyl groups is 1. The standard InChI is InChI=1S/C16H23N3OS/c1-5-9-19-14(13-8-6-7-12(2)10-13)17-18-15(19)21-11-16(3,4)20/h6-8,10,20H,5,9,11H2,1-4H3. The van der Waals surface area contributed by atoms with E-state index in [4.69, 9.17) is 0 Å². The third-order valence-corrected chi connectivity index (χ3v) is 4.41. The van der Waals surface area contributed by atoms with Crippen LogP contribution in [-0.4, -0.2) is 31.2 Å². The molecule has 5 heteroatoms. The predicted molar refractivity (Wildman–Crippen MR) is 87.5 cm³/mol. The molecule has 0 saturated heterocycles. The van der Waals surface area contributed by atoms with Gasteiger partial charge in [-0.25, -0.2) is 0 Å². The maximum absolute atomic E-state index is 9.88. The molecule has 1 aromatic carbocycles. The van der Waals surface area contributed by atoms with E-state index in [2.05, 4.69) is 46.8 Å². The van der Waals surface area contributed by atoms with Crippen LogP contribution in [0.4, 0.5) is 0 Å². The fraction of sp³-hybridized carbons (Fsp3) is 0.500. The third-order valence-electron chi connectivity index (χ3n) is 2.99. The Kier molecular flexibility index (Phi) is 5.06. The van der Waals surface area contributed by atoms with Crippen molar-refractivity contribution in [2.45, 2.75) is 51.4 Å². The summed E-state index contributed by atoms with van der Waals surface area (Å²) in [6.45, 7) is 8.72. The van der Waals surface area contributed by atoms with Crippen LogP contribution < -0.4 is 0 Å². The summed E-state index contributed by atoms with van der Waals surface area (Å²) in [5.74, 6) is 1.50. The lowest BCUT2D eigenvalue weighted by atomic mass is 10.1. The van der Waals surface area contributed by atoms with Crippen molar-refractivity contribution in [3.63, 3.8) is 0 Å². The molecule has 0 aliphatic heterocycles. The highest BCUT2D eigenvalue weighted by Gasteiger charge is 2.18. The summed E-state index contributed by atoms with van der Waals surface area (Å²) < 4.78 is 2.14. The van der Waals surface area contributed by atoms with Crippen LogP contribution in [0.15, 0.2) is 29.4 Å². The van der Waals surface area contributed by atoms with E-state index in [0.29, 0.717) is 5.75 Å². The van der Waals surface area contributed by atoms with Crippen molar-refractivity contribution in [3.05, 3.63) is 29.8 Å². The summed E-state index contributed by atoms with van der Waals surface area (Å²) in [5, 5.41) is 19.4. The van der Waals surface area contributed by atoms with Gasteiger partial charge < -0.3 is 9.67 Å². The van der Waals surface area contributed by atoms with Gasteiger partial charge in [0.05, 0.1) is 5.60 Å². The number of nitrogens with zero attached hydrogens (tertiary/aromatic N) is 3. The van der Waals surface area contributed by atoms with Gasteiger partial charge in [0, 0.05) is 17.9 Å². The van der Waals surface area contributed by atoms with Crippen molar-refractivity contribution in [1.82, 2.24) is 14.8 Å². The summed E-state index contributed by atoms with van der Waals surface area (Å²) in [7, 11) is 0. The van der Waals surface area contributed by atoms with Gasteiger partial charge in [0.1, 0.15) is 0 Å². The molecule has 0 aliphatic carbocycles. The van der Waals surface area contributed by atoms with Crippen LogP contribution in [-0.2, 0) is 6.54 Å². The summed E-state index contributed by atoms with van der Waals surface area (Å²) >= 11 is 1.55. The van der Waals surface area contributed by atoms with E-state index in [9.17, 15) is 5.11 Å². The van der Waals surface area contributed by atoms with Crippen LogP contribution in [0.3, 0.4) is 0 Å². The number of benzene rings is 1. The number of hydrogen-bond acceptors (Lipinski definition) is 4. The van der Waals surface area contributed by atoms with Gasteiger partial charge in [0.15, 0.2) is 11.0 Å². The molecule has 0 unspecified atom stereocenters. The number of aromatic nitrogens is 3. The molecule has 2 rings (SSSR count). The largest absolute Gasteiger partial charge is 0.390 e. The van der Waals surface area contributed by atoms with Gasteiger partial charge in [-0.3, -0.25) is 0 Å². The van der Waals surface area contributed by atoms with E-state index >= 15 is 0 Å².